The molecule has 0 aliphatic carbocycles. The van der Waals surface area contributed by atoms with E-state index in [0.29, 0.717) is 6.54 Å². The molecule has 2 aromatic heterocycles. The fourth-order valence-corrected chi connectivity index (χ4v) is 5.55. The van der Waals surface area contributed by atoms with E-state index in [1.165, 1.54) is 16.0 Å². The third-order valence-corrected chi connectivity index (χ3v) is 7.28. The lowest BCUT2D eigenvalue weighted by atomic mass is 9.82. The molecule has 152 valence electrons. The van der Waals surface area contributed by atoms with E-state index < -0.39 is 0 Å². The SMILES string of the molecule is Cc1noc(C)c1CN1CCc2c(C(=O)N3CCC[C@@](C)(CO)C3)csc2C1. The van der Waals surface area contributed by atoms with Gasteiger partial charge in [0.15, 0.2) is 0 Å². The highest BCUT2D eigenvalue weighted by molar-refractivity contribution is 7.10. The van der Waals surface area contributed by atoms with Crippen molar-refractivity contribution in [1.82, 2.24) is 15.0 Å². The molecule has 1 amide bonds. The van der Waals surface area contributed by atoms with Gasteiger partial charge >= 0.3 is 0 Å². The molecule has 0 radical (unpaired) electrons. The maximum atomic E-state index is 13.2. The number of carbonyl (C=O) groups excluding carboxylic acids is 1. The van der Waals surface area contributed by atoms with Gasteiger partial charge in [-0.05, 0) is 38.7 Å². The highest BCUT2D eigenvalue weighted by atomic mass is 32.1. The predicted octanol–water partition coefficient (Wildman–Crippen LogP) is 3.15. The molecule has 4 rings (SSSR count). The van der Waals surface area contributed by atoms with Crippen LogP contribution >= 0.6 is 11.3 Å². The number of aryl methyl sites for hydroxylation is 2. The zero-order chi connectivity index (χ0) is 19.9. The Hall–Kier alpha value is -1.70. The molecule has 6 nitrogen and oxygen atoms in total. The number of aromatic nitrogens is 1. The maximum Gasteiger partial charge on any atom is 0.255 e. The number of amides is 1. The molecule has 1 fully saturated rings. The van der Waals surface area contributed by atoms with E-state index >= 15 is 0 Å². The summed E-state index contributed by atoms with van der Waals surface area (Å²) in [6.07, 6.45) is 2.83. The Kier molecular flexibility index (Phi) is 5.33. The summed E-state index contributed by atoms with van der Waals surface area (Å²) in [5.41, 5.74) is 4.06. The van der Waals surface area contributed by atoms with Crippen molar-refractivity contribution in [1.29, 1.82) is 0 Å². The van der Waals surface area contributed by atoms with E-state index in [1.54, 1.807) is 11.3 Å². The predicted molar refractivity (Wildman–Crippen MR) is 108 cm³/mol. The molecule has 0 bridgehead atoms. The molecular weight excluding hydrogens is 374 g/mol. The van der Waals surface area contributed by atoms with Crippen molar-refractivity contribution < 1.29 is 14.4 Å². The van der Waals surface area contributed by atoms with Gasteiger partial charge < -0.3 is 14.5 Å². The third kappa shape index (κ3) is 3.63. The molecule has 1 atom stereocenters. The Morgan fingerprint density at radius 1 is 1.39 bits per heavy atom. The molecule has 0 spiro atoms. The number of nitrogens with zero attached hydrogens (tertiary/aromatic N) is 3. The molecule has 28 heavy (non-hydrogen) atoms. The highest BCUT2D eigenvalue weighted by Crippen LogP contribution is 2.34. The Bertz CT molecular complexity index is 855. The van der Waals surface area contributed by atoms with Crippen molar-refractivity contribution in [2.45, 2.75) is 53.1 Å². The van der Waals surface area contributed by atoms with Crippen LogP contribution in [0.2, 0.25) is 0 Å². The summed E-state index contributed by atoms with van der Waals surface area (Å²) in [7, 11) is 0. The van der Waals surface area contributed by atoms with Crippen molar-refractivity contribution in [3.63, 3.8) is 0 Å². The lowest BCUT2D eigenvalue weighted by molar-refractivity contribution is 0.0357. The zero-order valence-electron chi connectivity index (χ0n) is 17.0. The maximum absolute atomic E-state index is 13.2. The van der Waals surface area contributed by atoms with Gasteiger partial charge in [-0.3, -0.25) is 9.69 Å². The first-order chi connectivity index (χ1) is 13.4. The molecule has 2 aliphatic heterocycles. The molecule has 1 N–H and O–H groups in total. The van der Waals surface area contributed by atoms with Crippen LogP contribution in [0.4, 0.5) is 0 Å². The standard InChI is InChI=1S/C21H29N3O3S/c1-14-17(15(2)27-22-14)9-23-8-5-16-18(11-28-19(16)10-23)20(26)24-7-4-6-21(3,12-24)13-25/h11,25H,4-10,12-13H2,1-3H3/t21-/m1/s1. The van der Waals surface area contributed by atoms with E-state index in [9.17, 15) is 9.90 Å². The number of hydrogen-bond acceptors (Lipinski definition) is 6. The Labute approximate surface area is 170 Å². The Morgan fingerprint density at radius 2 is 2.21 bits per heavy atom. The van der Waals surface area contributed by atoms with Gasteiger partial charge in [0, 0.05) is 54.0 Å². The molecule has 0 unspecified atom stereocenters. The number of piperidine rings is 1. The van der Waals surface area contributed by atoms with Gasteiger partial charge in [0.05, 0.1) is 17.9 Å². The van der Waals surface area contributed by atoms with Crippen LogP contribution < -0.4 is 0 Å². The van der Waals surface area contributed by atoms with Crippen LogP contribution in [-0.4, -0.2) is 52.2 Å². The Morgan fingerprint density at radius 3 is 2.93 bits per heavy atom. The summed E-state index contributed by atoms with van der Waals surface area (Å²) < 4.78 is 5.29. The van der Waals surface area contributed by atoms with Crippen LogP contribution in [0.15, 0.2) is 9.90 Å². The Balaban J connectivity index is 1.47. The topological polar surface area (TPSA) is 69.8 Å². The summed E-state index contributed by atoms with van der Waals surface area (Å²) in [6.45, 7) is 10.2. The van der Waals surface area contributed by atoms with Crippen LogP contribution in [0, 0.1) is 19.3 Å². The van der Waals surface area contributed by atoms with Crippen molar-refractivity contribution in [3.8, 4) is 0 Å². The minimum absolute atomic E-state index is 0.134. The van der Waals surface area contributed by atoms with Crippen LogP contribution in [0.3, 0.4) is 0 Å². The average molecular weight is 404 g/mol. The largest absolute Gasteiger partial charge is 0.396 e. The molecule has 0 saturated carbocycles. The molecule has 2 aromatic rings. The number of likely N-dealkylation sites (tertiary alicyclic amines) is 1. The van der Waals surface area contributed by atoms with Gasteiger partial charge in [-0.15, -0.1) is 11.3 Å². The first-order valence-electron chi connectivity index (χ1n) is 10.0. The zero-order valence-corrected chi connectivity index (χ0v) is 17.8. The second kappa shape index (κ2) is 7.61. The van der Waals surface area contributed by atoms with Gasteiger partial charge in [0.25, 0.3) is 5.91 Å². The summed E-state index contributed by atoms with van der Waals surface area (Å²) >= 11 is 1.70. The molecule has 7 heteroatoms. The average Bonchev–Trinajstić information content (AvgIpc) is 3.25. The van der Waals surface area contributed by atoms with Crippen LogP contribution in [0.5, 0.6) is 0 Å². The normalized spacial score (nSPS) is 23.1. The summed E-state index contributed by atoms with van der Waals surface area (Å²) in [5, 5.41) is 15.8. The van der Waals surface area contributed by atoms with Gasteiger partial charge in [0.1, 0.15) is 5.76 Å². The second-order valence-electron chi connectivity index (χ2n) is 8.61. The fourth-order valence-electron chi connectivity index (χ4n) is 4.44. The number of rotatable bonds is 4. The van der Waals surface area contributed by atoms with E-state index in [4.69, 9.17) is 4.52 Å². The summed E-state index contributed by atoms with van der Waals surface area (Å²) in [4.78, 5) is 18.8. The molecule has 1 saturated heterocycles. The third-order valence-electron chi connectivity index (χ3n) is 6.27. The smallest absolute Gasteiger partial charge is 0.255 e. The van der Waals surface area contributed by atoms with E-state index in [0.717, 1.165) is 62.5 Å². The minimum Gasteiger partial charge on any atom is -0.396 e. The van der Waals surface area contributed by atoms with Crippen molar-refractivity contribution in [2.75, 3.05) is 26.2 Å². The number of carbonyl (C=O) groups is 1. The van der Waals surface area contributed by atoms with Crippen molar-refractivity contribution >= 4 is 17.2 Å². The van der Waals surface area contributed by atoms with Crippen LogP contribution in [-0.2, 0) is 19.5 Å². The lowest BCUT2D eigenvalue weighted by Gasteiger charge is -2.39. The first kappa shape index (κ1) is 19.6. The van der Waals surface area contributed by atoms with Crippen molar-refractivity contribution in [3.05, 3.63) is 38.4 Å². The first-order valence-corrected chi connectivity index (χ1v) is 10.9. The number of aliphatic hydroxyl groups is 1. The number of thiophene rings is 1. The van der Waals surface area contributed by atoms with Gasteiger partial charge in [0.2, 0.25) is 0 Å². The van der Waals surface area contributed by atoms with Crippen molar-refractivity contribution in [2.24, 2.45) is 5.41 Å². The minimum atomic E-state index is -0.171. The number of hydrogen-bond donors (Lipinski definition) is 1. The quantitative estimate of drug-likeness (QED) is 0.849. The summed E-state index contributed by atoms with van der Waals surface area (Å²) in [5.74, 6) is 1.03. The number of aliphatic hydroxyl groups excluding tert-OH is 1. The summed E-state index contributed by atoms with van der Waals surface area (Å²) in [6, 6.07) is 0. The molecule has 4 heterocycles. The van der Waals surface area contributed by atoms with E-state index in [1.807, 2.05) is 24.1 Å². The second-order valence-corrected chi connectivity index (χ2v) is 9.58. The molecule has 2 aliphatic rings. The van der Waals surface area contributed by atoms with Gasteiger partial charge in [-0.1, -0.05) is 12.1 Å². The van der Waals surface area contributed by atoms with Crippen LogP contribution in [0.1, 0.15) is 57.6 Å². The molecule has 0 aromatic carbocycles. The monoisotopic (exact) mass is 403 g/mol. The van der Waals surface area contributed by atoms with E-state index in [-0.39, 0.29) is 17.9 Å². The van der Waals surface area contributed by atoms with Gasteiger partial charge in [-0.2, -0.15) is 0 Å². The van der Waals surface area contributed by atoms with E-state index in [2.05, 4.69) is 17.0 Å². The lowest BCUT2D eigenvalue weighted by Crippen LogP contribution is -2.46. The highest BCUT2D eigenvalue weighted by Gasteiger charge is 2.34. The van der Waals surface area contributed by atoms with Crippen LogP contribution in [0.25, 0.3) is 0 Å². The van der Waals surface area contributed by atoms with Gasteiger partial charge in [-0.25, -0.2) is 0 Å². The molecular formula is C21H29N3O3S. The fraction of sp³-hybridized carbons (Fsp3) is 0.619. The number of fused-ring (bicyclic) bond motifs is 1.